The highest BCUT2D eigenvalue weighted by atomic mass is 35.5. The molecule has 0 atom stereocenters. The van der Waals surface area contributed by atoms with Gasteiger partial charge in [-0.2, -0.15) is 0 Å². The van der Waals surface area contributed by atoms with E-state index in [-0.39, 0.29) is 11.7 Å². The summed E-state index contributed by atoms with van der Waals surface area (Å²) in [4.78, 5) is 12.5. The predicted octanol–water partition coefficient (Wildman–Crippen LogP) is 5.72. The lowest BCUT2D eigenvalue weighted by molar-refractivity contribution is -0.113. The molecule has 1 aromatic heterocycles. The van der Waals surface area contributed by atoms with E-state index in [9.17, 15) is 4.79 Å². The van der Waals surface area contributed by atoms with Gasteiger partial charge in [-0.15, -0.1) is 10.2 Å². The molecule has 0 radical (unpaired) electrons. The molecule has 6 nitrogen and oxygen atoms in total. The first-order chi connectivity index (χ1) is 15.6. The Morgan fingerprint density at radius 1 is 1.03 bits per heavy atom. The number of carbonyl (C=O) groups is 1. The maximum atomic E-state index is 12.5. The van der Waals surface area contributed by atoms with Crippen LogP contribution in [0.1, 0.15) is 6.92 Å². The Bertz CT molecular complexity index is 1200. The molecule has 4 rings (SSSR count). The van der Waals surface area contributed by atoms with Gasteiger partial charge < -0.3 is 10.1 Å². The average molecular weight is 465 g/mol. The van der Waals surface area contributed by atoms with Crippen LogP contribution < -0.4 is 10.1 Å². The minimum Gasteiger partial charge on any atom is -0.494 e. The van der Waals surface area contributed by atoms with E-state index in [1.165, 1.54) is 11.8 Å². The predicted molar refractivity (Wildman–Crippen MR) is 129 cm³/mol. The van der Waals surface area contributed by atoms with Crippen molar-refractivity contribution in [2.45, 2.75) is 12.1 Å². The first kappa shape index (κ1) is 21.9. The summed E-state index contributed by atoms with van der Waals surface area (Å²) in [5.41, 5.74) is 2.47. The number of halogens is 1. The van der Waals surface area contributed by atoms with Crippen molar-refractivity contribution in [1.82, 2.24) is 14.8 Å². The molecule has 8 heteroatoms. The summed E-state index contributed by atoms with van der Waals surface area (Å²) in [7, 11) is 0. The zero-order valence-corrected chi connectivity index (χ0v) is 18.9. The van der Waals surface area contributed by atoms with Gasteiger partial charge in [-0.1, -0.05) is 59.8 Å². The van der Waals surface area contributed by atoms with Crippen molar-refractivity contribution in [3.05, 3.63) is 83.9 Å². The van der Waals surface area contributed by atoms with Crippen molar-refractivity contribution in [3.8, 4) is 22.8 Å². The Hall–Kier alpha value is -3.29. The summed E-state index contributed by atoms with van der Waals surface area (Å²) < 4.78 is 7.51. The minimum atomic E-state index is -0.153. The van der Waals surface area contributed by atoms with Crippen molar-refractivity contribution in [1.29, 1.82) is 0 Å². The third kappa shape index (κ3) is 5.30. The van der Waals surface area contributed by atoms with Gasteiger partial charge in [0.2, 0.25) is 5.91 Å². The molecule has 0 bridgehead atoms. The van der Waals surface area contributed by atoms with E-state index in [0.29, 0.717) is 28.3 Å². The smallest absolute Gasteiger partial charge is 0.234 e. The molecule has 0 spiro atoms. The van der Waals surface area contributed by atoms with Crippen LogP contribution in [0.25, 0.3) is 17.1 Å². The fourth-order valence-electron chi connectivity index (χ4n) is 3.12. The van der Waals surface area contributed by atoms with Crippen molar-refractivity contribution < 1.29 is 9.53 Å². The van der Waals surface area contributed by atoms with E-state index < -0.39 is 0 Å². The molecule has 0 aliphatic carbocycles. The Kier molecular flexibility index (Phi) is 7.09. The lowest BCUT2D eigenvalue weighted by Gasteiger charge is -2.11. The number of benzene rings is 3. The fraction of sp³-hybridized carbons (Fsp3) is 0.125. The average Bonchev–Trinajstić information content (AvgIpc) is 3.23. The second-order valence-electron chi connectivity index (χ2n) is 6.78. The summed E-state index contributed by atoms with van der Waals surface area (Å²) in [5, 5.41) is 12.8. The van der Waals surface area contributed by atoms with Gasteiger partial charge in [-0.05, 0) is 49.4 Å². The zero-order chi connectivity index (χ0) is 22.3. The summed E-state index contributed by atoms with van der Waals surface area (Å²) in [5.74, 6) is 1.52. The number of hydrogen-bond acceptors (Lipinski definition) is 5. The standard InChI is InChI=1S/C24H21ClN4O2S/c1-2-31-21-13-11-20(12-14-21)29-23(17-7-4-3-5-8-17)27-28-24(29)32-16-22(30)26-19-10-6-9-18(25)15-19/h3-15H,2,16H2,1H3,(H,26,30). The Labute approximate surface area is 195 Å². The van der Waals surface area contributed by atoms with Gasteiger partial charge in [0, 0.05) is 22.0 Å². The lowest BCUT2D eigenvalue weighted by atomic mass is 10.2. The first-order valence-electron chi connectivity index (χ1n) is 10.1. The number of nitrogens with zero attached hydrogens (tertiary/aromatic N) is 3. The molecule has 162 valence electrons. The van der Waals surface area contributed by atoms with Crippen LogP contribution in [0.5, 0.6) is 5.75 Å². The highest BCUT2D eigenvalue weighted by Gasteiger charge is 2.17. The summed E-state index contributed by atoms with van der Waals surface area (Å²) in [6, 6.07) is 24.6. The maximum Gasteiger partial charge on any atom is 0.234 e. The molecular weight excluding hydrogens is 444 g/mol. The largest absolute Gasteiger partial charge is 0.494 e. The molecule has 0 saturated heterocycles. The van der Waals surface area contributed by atoms with E-state index >= 15 is 0 Å². The third-order valence-corrected chi connectivity index (χ3v) is 5.68. The van der Waals surface area contributed by atoms with E-state index in [4.69, 9.17) is 16.3 Å². The van der Waals surface area contributed by atoms with Gasteiger partial charge in [0.1, 0.15) is 5.75 Å². The number of anilines is 1. The summed E-state index contributed by atoms with van der Waals surface area (Å²) in [6.07, 6.45) is 0. The second kappa shape index (κ2) is 10.3. The van der Waals surface area contributed by atoms with Crippen molar-refractivity contribution in [3.63, 3.8) is 0 Å². The molecule has 0 aliphatic heterocycles. The van der Waals surface area contributed by atoms with Gasteiger partial charge in [0.05, 0.1) is 12.4 Å². The molecule has 32 heavy (non-hydrogen) atoms. The number of nitrogens with one attached hydrogen (secondary N) is 1. The molecule has 0 unspecified atom stereocenters. The second-order valence-corrected chi connectivity index (χ2v) is 8.16. The number of thioether (sulfide) groups is 1. The lowest BCUT2D eigenvalue weighted by Crippen LogP contribution is -2.14. The SMILES string of the molecule is CCOc1ccc(-n2c(SCC(=O)Nc3cccc(Cl)c3)nnc2-c2ccccc2)cc1. The van der Waals surface area contributed by atoms with Gasteiger partial charge >= 0.3 is 0 Å². The van der Waals surface area contributed by atoms with Crippen molar-refractivity contribution in [2.24, 2.45) is 0 Å². The normalized spacial score (nSPS) is 10.7. The molecular formula is C24H21ClN4O2S. The topological polar surface area (TPSA) is 69.0 Å². The van der Waals surface area contributed by atoms with Crippen LogP contribution in [0, 0.1) is 0 Å². The van der Waals surface area contributed by atoms with E-state index in [2.05, 4.69) is 15.5 Å². The molecule has 1 amide bonds. The monoisotopic (exact) mass is 464 g/mol. The molecule has 4 aromatic rings. The summed E-state index contributed by atoms with van der Waals surface area (Å²) >= 11 is 7.31. The van der Waals surface area contributed by atoms with Gasteiger partial charge in [-0.3, -0.25) is 9.36 Å². The molecule has 0 saturated carbocycles. The van der Waals surface area contributed by atoms with Gasteiger partial charge in [-0.25, -0.2) is 0 Å². The number of rotatable bonds is 8. The molecule has 0 fully saturated rings. The van der Waals surface area contributed by atoms with Gasteiger partial charge in [0.25, 0.3) is 0 Å². The van der Waals surface area contributed by atoms with Crippen LogP contribution >= 0.6 is 23.4 Å². The quantitative estimate of drug-likeness (QED) is 0.338. The number of ether oxygens (including phenoxy) is 1. The number of aromatic nitrogens is 3. The van der Waals surface area contributed by atoms with Crippen LogP contribution in [0.2, 0.25) is 5.02 Å². The number of amides is 1. The Balaban J connectivity index is 1.59. The van der Waals surface area contributed by atoms with Crippen molar-refractivity contribution >= 4 is 35.0 Å². The number of carbonyl (C=O) groups excluding carboxylic acids is 1. The first-order valence-corrected chi connectivity index (χ1v) is 11.4. The maximum absolute atomic E-state index is 12.5. The summed E-state index contributed by atoms with van der Waals surface area (Å²) in [6.45, 7) is 2.55. The highest BCUT2D eigenvalue weighted by Crippen LogP contribution is 2.29. The van der Waals surface area contributed by atoms with Crippen LogP contribution in [-0.4, -0.2) is 33.0 Å². The molecule has 0 aliphatic rings. The molecule has 1 heterocycles. The van der Waals surface area contributed by atoms with Crippen molar-refractivity contribution in [2.75, 3.05) is 17.7 Å². The van der Waals surface area contributed by atoms with Crippen LogP contribution in [0.15, 0.2) is 84.0 Å². The molecule has 3 aromatic carbocycles. The fourth-order valence-corrected chi connectivity index (χ4v) is 4.06. The third-order valence-electron chi connectivity index (χ3n) is 4.51. The zero-order valence-electron chi connectivity index (χ0n) is 17.4. The number of hydrogen-bond donors (Lipinski definition) is 1. The van der Waals surface area contributed by atoms with E-state index in [0.717, 1.165) is 17.0 Å². The van der Waals surface area contributed by atoms with Gasteiger partial charge in [0.15, 0.2) is 11.0 Å². The van der Waals surface area contributed by atoms with Crippen LogP contribution in [0.4, 0.5) is 5.69 Å². The Morgan fingerprint density at radius 3 is 2.53 bits per heavy atom. The minimum absolute atomic E-state index is 0.153. The van der Waals surface area contributed by atoms with Crippen LogP contribution in [0.3, 0.4) is 0 Å². The van der Waals surface area contributed by atoms with E-state index in [1.807, 2.05) is 66.1 Å². The van der Waals surface area contributed by atoms with Crippen LogP contribution in [-0.2, 0) is 4.79 Å². The molecule has 1 N–H and O–H groups in total. The van der Waals surface area contributed by atoms with E-state index in [1.54, 1.807) is 24.3 Å². The highest BCUT2D eigenvalue weighted by molar-refractivity contribution is 7.99. The Morgan fingerprint density at radius 2 is 1.81 bits per heavy atom.